The van der Waals surface area contributed by atoms with Gasteiger partial charge in [0.05, 0.1) is 23.7 Å². The summed E-state index contributed by atoms with van der Waals surface area (Å²) in [4.78, 5) is 16.6. The molecule has 0 bridgehead atoms. The molecule has 1 aliphatic rings. The highest BCUT2D eigenvalue weighted by atomic mass is 32.2. The molecule has 1 saturated carbocycles. The van der Waals surface area contributed by atoms with Crippen molar-refractivity contribution in [3.05, 3.63) is 30.2 Å². The number of hydrogen-bond donors (Lipinski definition) is 1. The summed E-state index contributed by atoms with van der Waals surface area (Å²) in [5, 5.41) is 7.22. The second-order valence-electron chi connectivity index (χ2n) is 6.87. The number of hydrogen-bond acceptors (Lipinski definition) is 6. The van der Waals surface area contributed by atoms with Crippen LogP contribution in [0.15, 0.2) is 28.8 Å². The Hall–Kier alpha value is -2.02. The summed E-state index contributed by atoms with van der Waals surface area (Å²) in [6.07, 6.45) is 4.76. The molecule has 0 radical (unpaired) electrons. The van der Waals surface area contributed by atoms with Gasteiger partial charge in [-0.1, -0.05) is 37.1 Å². The minimum atomic E-state index is 0.0835. The summed E-state index contributed by atoms with van der Waals surface area (Å²) in [7, 11) is 0. The molecule has 0 aliphatic heterocycles. The number of carbonyl (C=O) groups is 1. The Morgan fingerprint density at radius 1 is 1.33 bits per heavy atom. The molecule has 0 spiro atoms. The topological polar surface area (TPSA) is 77.2 Å². The predicted molar refractivity (Wildman–Crippen MR) is 107 cm³/mol. The van der Waals surface area contributed by atoms with Crippen LogP contribution in [0.2, 0.25) is 0 Å². The number of amides is 1. The van der Waals surface area contributed by atoms with Gasteiger partial charge in [-0.15, -0.1) is 11.8 Å². The molecule has 2 atom stereocenters. The highest BCUT2D eigenvalue weighted by Crippen LogP contribution is 2.28. The highest BCUT2D eigenvalue weighted by Gasteiger charge is 2.22. The lowest BCUT2D eigenvalue weighted by atomic mass is 9.86. The Balaban J connectivity index is 1.49. The molecule has 7 heteroatoms. The molecule has 146 valence electrons. The molecule has 1 N–H and O–H groups in total. The summed E-state index contributed by atoms with van der Waals surface area (Å²) >= 11 is 1.49. The molecule has 1 fully saturated rings. The van der Waals surface area contributed by atoms with Gasteiger partial charge in [-0.25, -0.2) is 0 Å². The zero-order chi connectivity index (χ0) is 19.1. The van der Waals surface area contributed by atoms with Crippen molar-refractivity contribution in [2.75, 3.05) is 12.4 Å². The maximum atomic E-state index is 12.2. The molecule has 0 saturated heterocycles. The van der Waals surface area contributed by atoms with Crippen LogP contribution in [0.5, 0.6) is 5.75 Å². The molecule has 0 unspecified atom stereocenters. The van der Waals surface area contributed by atoms with Gasteiger partial charge in [-0.3, -0.25) is 4.79 Å². The first-order valence-electron chi connectivity index (χ1n) is 9.59. The SMILES string of the molecule is CCOc1ccccc1-c1noc(CSCC(=O)N[C@H]2CCCC[C@@H]2C)n1. The van der Waals surface area contributed by atoms with Gasteiger partial charge in [-0.05, 0) is 37.8 Å². The average molecular weight is 390 g/mol. The molecule has 1 amide bonds. The van der Waals surface area contributed by atoms with Gasteiger partial charge in [0.2, 0.25) is 17.6 Å². The van der Waals surface area contributed by atoms with Crippen molar-refractivity contribution in [3.8, 4) is 17.1 Å². The number of para-hydroxylation sites is 1. The van der Waals surface area contributed by atoms with Crippen molar-refractivity contribution >= 4 is 17.7 Å². The predicted octanol–water partition coefficient (Wildman–Crippen LogP) is 4.06. The van der Waals surface area contributed by atoms with E-state index in [2.05, 4.69) is 22.4 Å². The quantitative estimate of drug-likeness (QED) is 0.733. The van der Waals surface area contributed by atoms with Crippen molar-refractivity contribution in [3.63, 3.8) is 0 Å². The van der Waals surface area contributed by atoms with E-state index in [1.807, 2.05) is 31.2 Å². The van der Waals surface area contributed by atoms with Crippen molar-refractivity contribution in [2.45, 2.75) is 51.3 Å². The van der Waals surface area contributed by atoms with Crippen LogP contribution in [0, 0.1) is 5.92 Å². The molecule has 1 aliphatic carbocycles. The van der Waals surface area contributed by atoms with Gasteiger partial charge in [-0.2, -0.15) is 4.98 Å². The molecule has 2 aromatic rings. The number of ether oxygens (including phenoxy) is 1. The Kier molecular flexibility index (Phi) is 7.15. The Labute approximate surface area is 164 Å². The normalized spacial score (nSPS) is 19.6. The summed E-state index contributed by atoms with van der Waals surface area (Å²) in [6, 6.07) is 7.94. The van der Waals surface area contributed by atoms with E-state index in [0.29, 0.717) is 41.8 Å². The van der Waals surface area contributed by atoms with E-state index >= 15 is 0 Å². The van der Waals surface area contributed by atoms with Gasteiger partial charge in [0, 0.05) is 6.04 Å². The van der Waals surface area contributed by atoms with Gasteiger partial charge in [0.25, 0.3) is 0 Å². The number of carbonyl (C=O) groups excluding carboxylic acids is 1. The van der Waals surface area contributed by atoms with Crippen molar-refractivity contribution in [2.24, 2.45) is 5.92 Å². The van der Waals surface area contributed by atoms with E-state index in [9.17, 15) is 4.79 Å². The summed E-state index contributed by atoms with van der Waals surface area (Å²) in [6.45, 7) is 4.73. The molecule has 27 heavy (non-hydrogen) atoms. The third-order valence-electron chi connectivity index (χ3n) is 4.81. The number of benzene rings is 1. The first kappa shape index (κ1) is 19.7. The standard InChI is InChI=1S/C20H27N3O3S/c1-3-25-17-11-7-5-9-15(17)20-22-19(26-23-20)13-27-12-18(24)21-16-10-6-4-8-14(16)2/h5,7,9,11,14,16H,3-4,6,8,10,12-13H2,1-2H3,(H,21,24)/t14-,16-/m0/s1. The summed E-state index contributed by atoms with van der Waals surface area (Å²) in [5.41, 5.74) is 0.809. The molecule has 3 rings (SSSR count). The molecular formula is C20H27N3O3S. The summed E-state index contributed by atoms with van der Waals surface area (Å²) < 4.78 is 10.9. The molecule has 1 aromatic heterocycles. The second-order valence-corrected chi connectivity index (χ2v) is 7.86. The first-order chi connectivity index (χ1) is 13.2. The fraction of sp³-hybridized carbons (Fsp3) is 0.550. The van der Waals surface area contributed by atoms with E-state index < -0.39 is 0 Å². The van der Waals surface area contributed by atoms with E-state index in [1.165, 1.54) is 31.0 Å². The molecular weight excluding hydrogens is 362 g/mol. The van der Waals surface area contributed by atoms with Crippen LogP contribution in [0.4, 0.5) is 0 Å². The molecule has 6 nitrogen and oxygen atoms in total. The van der Waals surface area contributed by atoms with Crippen molar-refractivity contribution < 1.29 is 14.1 Å². The van der Waals surface area contributed by atoms with Gasteiger partial charge >= 0.3 is 0 Å². The monoisotopic (exact) mass is 389 g/mol. The van der Waals surface area contributed by atoms with Gasteiger partial charge in [0.15, 0.2) is 0 Å². The van der Waals surface area contributed by atoms with Gasteiger partial charge in [0.1, 0.15) is 5.75 Å². The van der Waals surface area contributed by atoms with E-state index in [0.717, 1.165) is 17.7 Å². The van der Waals surface area contributed by atoms with Crippen LogP contribution >= 0.6 is 11.8 Å². The van der Waals surface area contributed by atoms with Crippen molar-refractivity contribution in [1.82, 2.24) is 15.5 Å². The zero-order valence-corrected chi connectivity index (χ0v) is 16.8. The van der Waals surface area contributed by atoms with E-state index in [4.69, 9.17) is 9.26 Å². The second kappa shape index (κ2) is 9.78. The lowest BCUT2D eigenvalue weighted by Gasteiger charge is -2.29. The number of rotatable bonds is 8. The average Bonchev–Trinajstić information content (AvgIpc) is 3.13. The molecule has 1 aromatic carbocycles. The van der Waals surface area contributed by atoms with Crippen molar-refractivity contribution in [1.29, 1.82) is 0 Å². The first-order valence-corrected chi connectivity index (χ1v) is 10.7. The third-order valence-corrected chi connectivity index (χ3v) is 5.73. The summed E-state index contributed by atoms with van der Waals surface area (Å²) in [5.74, 6) is 3.32. The highest BCUT2D eigenvalue weighted by molar-refractivity contribution is 7.99. The van der Waals surface area contributed by atoms with Crippen LogP contribution in [0.1, 0.15) is 45.4 Å². The van der Waals surface area contributed by atoms with Crippen LogP contribution in [0.25, 0.3) is 11.4 Å². The maximum absolute atomic E-state index is 12.2. The Morgan fingerprint density at radius 2 is 2.15 bits per heavy atom. The van der Waals surface area contributed by atoms with E-state index in [-0.39, 0.29) is 5.91 Å². The Morgan fingerprint density at radius 3 is 2.96 bits per heavy atom. The minimum absolute atomic E-state index is 0.0835. The fourth-order valence-electron chi connectivity index (χ4n) is 3.37. The third kappa shape index (κ3) is 5.48. The van der Waals surface area contributed by atoms with Gasteiger partial charge < -0.3 is 14.6 Å². The Bertz CT molecular complexity index is 750. The number of nitrogens with one attached hydrogen (secondary N) is 1. The lowest BCUT2D eigenvalue weighted by Crippen LogP contribution is -2.41. The fourth-order valence-corrected chi connectivity index (χ4v) is 4.03. The molecule has 1 heterocycles. The maximum Gasteiger partial charge on any atom is 0.236 e. The largest absolute Gasteiger partial charge is 0.493 e. The van der Waals surface area contributed by atoms with Crippen LogP contribution in [-0.2, 0) is 10.5 Å². The minimum Gasteiger partial charge on any atom is -0.493 e. The number of aromatic nitrogens is 2. The number of thioether (sulfide) groups is 1. The zero-order valence-electron chi connectivity index (χ0n) is 15.9. The van der Waals surface area contributed by atoms with Crippen LogP contribution in [0.3, 0.4) is 0 Å². The smallest absolute Gasteiger partial charge is 0.236 e. The number of nitrogens with zero attached hydrogens (tertiary/aromatic N) is 2. The van der Waals surface area contributed by atoms with Crippen LogP contribution in [-0.4, -0.2) is 34.4 Å². The lowest BCUT2D eigenvalue weighted by molar-refractivity contribution is -0.119. The van der Waals surface area contributed by atoms with E-state index in [1.54, 1.807) is 0 Å². The van der Waals surface area contributed by atoms with Crippen LogP contribution < -0.4 is 10.1 Å².